The van der Waals surface area contributed by atoms with E-state index in [0.29, 0.717) is 19.1 Å². The monoisotopic (exact) mass is 295 g/mol. The summed E-state index contributed by atoms with van der Waals surface area (Å²) in [4.78, 5) is 17.3. The van der Waals surface area contributed by atoms with Crippen molar-refractivity contribution < 1.29 is 9.53 Å². The van der Waals surface area contributed by atoms with Crippen molar-refractivity contribution in [2.75, 3.05) is 52.5 Å². The van der Waals surface area contributed by atoms with Crippen LogP contribution in [-0.4, -0.2) is 74.2 Å². The summed E-state index contributed by atoms with van der Waals surface area (Å²) in [6.45, 7) is 7.45. The van der Waals surface area contributed by atoms with Gasteiger partial charge >= 0.3 is 0 Å². The molecule has 1 N–H and O–H groups in total. The number of rotatable bonds is 3. The third-order valence-corrected chi connectivity index (χ3v) is 5.17. The zero-order valence-corrected chi connectivity index (χ0v) is 13.1. The first kappa shape index (κ1) is 15.3. The molecule has 0 radical (unpaired) electrons. The third-order valence-electron chi connectivity index (χ3n) is 5.17. The van der Waals surface area contributed by atoms with Crippen LogP contribution < -0.4 is 5.32 Å². The minimum absolute atomic E-state index is 0.131. The van der Waals surface area contributed by atoms with E-state index < -0.39 is 0 Å². The zero-order valence-electron chi connectivity index (χ0n) is 13.1. The number of carbonyl (C=O) groups excluding carboxylic acids is 1. The van der Waals surface area contributed by atoms with Gasteiger partial charge in [0.15, 0.2) is 0 Å². The summed E-state index contributed by atoms with van der Waals surface area (Å²) in [5, 5.41) is 3.43. The molecule has 1 atom stereocenters. The highest BCUT2D eigenvalue weighted by molar-refractivity contribution is 5.82. The van der Waals surface area contributed by atoms with Crippen LogP contribution in [0, 0.1) is 5.92 Å². The molecule has 3 aliphatic heterocycles. The SMILES string of the molecule is O=C(C1CCCCN1CC1CCNCC1)N1CCOCC1. The Bertz CT molecular complexity index is 338. The summed E-state index contributed by atoms with van der Waals surface area (Å²) in [6, 6.07) is 0.131. The molecule has 3 aliphatic rings. The maximum absolute atomic E-state index is 12.8. The van der Waals surface area contributed by atoms with Crippen LogP contribution in [0.15, 0.2) is 0 Å². The number of likely N-dealkylation sites (tertiary alicyclic amines) is 1. The van der Waals surface area contributed by atoms with E-state index in [1.54, 1.807) is 0 Å². The summed E-state index contributed by atoms with van der Waals surface area (Å²) >= 11 is 0. The molecule has 120 valence electrons. The van der Waals surface area contributed by atoms with Gasteiger partial charge in [-0.05, 0) is 51.2 Å². The Morgan fingerprint density at radius 3 is 2.57 bits per heavy atom. The van der Waals surface area contributed by atoms with Crippen LogP contribution in [0.3, 0.4) is 0 Å². The second kappa shape index (κ2) is 7.56. The van der Waals surface area contributed by atoms with Crippen molar-refractivity contribution in [2.45, 2.75) is 38.1 Å². The summed E-state index contributed by atoms with van der Waals surface area (Å²) in [7, 11) is 0. The lowest BCUT2D eigenvalue weighted by Gasteiger charge is -2.40. The van der Waals surface area contributed by atoms with Crippen LogP contribution in [0.4, 0.5) is 0 Å². The van der Waals surface area contributed by atoms with Crippen LogP contribution in [0.25, 0.3) is 0 Å². The van der Waals surface area contributed by atoms with Gasteiger partial charge in [-0.1, -0.05) is 6.42 Å². The Kier molecular flexibility index (Phi) is 5.49. The summed E-state index contributed by atoms with van der Waals surface area (Å²) in [5.41, 5.74) is 0. The zero-order chi connectivity index (χ0) is 14.5. The van der Waals surface area contributed by atoms with Gasteiger partial charge in [-0.25, -0.2) is 0 Å². The number of hydrogen-bond acceptors (Lipinski definition) is 4. The van der Waals surface area contributed by atoms with Crippen molar-refractivity contribution in [1.82, 2.24) is 15.1 Å². The normalized spacial score (nSPS) is 29.5. The van der Waals surface area contributed by atoms with Gasteiger partial charge < -0.3 is 15.0 Å². The van der Waals surface area contributed by atoms with Crippen LogP contribution in [0.2, 0.25) is 0 Å². The fourth-order valence-electron chi connectivity index (χ4n) is 3.88. The highest BCUT2D eigenvalue weighted by atomic mass is 16.5. The van der Waals surface area contributed by atoms with E-state index in [9.17, 15) is 4.79 Å². The van der Waals surface area contributed by atoms with Gasteiger partial charge in [0.2, 0.25) is 5.91 Å². The van der Waals surface area contributed by atoms with Crippen LogP contribution in [0.1, 0.15) is 32.1 Å². The fraction of sp³-hybridized carbons (Fsp3) is 0.938. The largest absolute Gasteiger partial charge is 0.378 e. The lowest BCUT2D eigenvalue weighted by molar-refractivity contribution is -0.142. The van der Waals surface area contributed by atoms with E-state index in [0.717, 1.165) is 51.6 Å². The van der Waals surface area contributed by atoms with Crippen LogP contribution in [-0.2, 0) is 9.53 Å². The molecule has 0 aromatic heterocycles. The molecular weight excluding hydrogens is 266 g/mol. The molecule has 3 rings (SSSR count). The summed E-state index contributed by atoms with van der Waals surface area (Å²) < 4.78 is 5.37. The smallest absolute Gasteiger partial charge is 0.240 e. The van der Waals surface area contributed by atoms with Gasteiger partial charge in [-0.2, -0.15) is 0 Å². The number of nitrogens with zero attached hydrogens (tertiary/aromatic N) is 2. The van der Waals surface area contributed by atoms with E-state index in [1.165, 1.54) is 25.7 Å². The van der Waals surface area contributed by atoms with Crippen molar-refractivity contribution in [1.29, 1.82) is 0 Å². The van der Waals surface area contributed by atoms with Gasteiger partial charge in [0.1, 0.15) is 0 Å². The minimum atomic E-state index is 0.131. The van der Waals surface area contributed by atoms with E-state index in [1.807, 2.05) is 4.90 Å². The molecule has 0 spiro atoms. The van der Waals surface area contributed by atoms with Crippen molar-refractivity contribution in [3.05, 3.63) is 0 Å². The average molecular weight is 295 g/mol. The lowest BCUT2D eigenvalue weighted by atomic mass is 9.94. The van der Waals surface area contributed by atoms with E-state index in [-0.39, 0.29) is 6.04 Å². The van der Waals surface area contributed by atoms with E-state index in [4.69, 9.17) is 4.74 Å². The first-order chi connectivity index (χ1) is 10.3. The molecule has 21 heavy (non-hydrogen) atoms. The molecule has 0 aromatic carbocycles. The van der Waals surface area contributed by atoms with E-state index in [2.05, 4.69) is 10.2 Å². The number of hydrogen-bond donors (Lipinski definition) is 1. The molecule has 3 heterocycles. The second-order valence-electron chi connectivity index (χ2n) is 6.64. The summed E-state index contributed by atoms with van der Waals surface area (Å²) in [5.74, 6) is 1.12. The van der Waals surface area contributed by atoms with Crippen LogP contribution in [0.5, 0.6) is 0 Å². The highest BCUT2D eigenvalue weighted by Gasteiger charge is 2.33. The molecule has 5 nitrogen and oxygen atoms in total. The average Bonchev–Trinajstić information content (AvgIpc) is 2.56. The van der Waals surface area contributed by atoms with Gasteiger partial charge in [-0.3, -0.25) is 9.69 Å². The maximum atomic E-state index is 12.8. The molecular formula is C16H29N3O2. The van der Waals surface area contributed by atoms with Crippen molar-refractivity contribution in [2.24, 2.45) is 5.92 Å². The molecule has 3 saturated heterocycles. The predicted molar refractivity (Wildman–Crippen MR) is 82.2 cm³/mol. The van der Waals surface area contributed by atoms with Gasteiger partial charge in [0, 0.05) is 19.6 Å². The minimum Gasteiger partial charge on any atom is -0.378 e. The first-order valence-electron chi connectivity index (χ1n) is 8.66. The Morgan fingerprint density at radius 2 is 1.81 bits per heavy atom. The number of nitrogens with one attached hydrogen (secondary N) is 1. The number of ether oxygens (including phenoxy) is 1. The van der Waals surface area contributed by atoms with Crippen molar-refractivity contribution >= 4 is 5.91 Å². The van der Waals surface area contributed by atoms with Crippen LogP contribution >= 0.6 is 0 Å². The molecule has 3 fully saturated rings. The standard InChI is InChI=1S/C16H29N3O2/c20-16(18-9-11-21-12-10-18)15-3-1-2-8-19(15)13-14-4-6-17-7-5-14/h14-15,17H,1-13H2. The van der Waals surface area contributed by atoms with Gasteiger partial charge in [-0.15, -0.1) is 0 Å². The Balaban J connectivity index is 1.58. The van der Waals surface area contributed by atoms with Crippen molar-refractivity contribution in [3.8, 4) is 0 Å². The third kappa shape index (κ3) is 3.96. The van der Waals surface area contributed by atoms with Gasteiger partial charge in [0.25, 0.3) is 0 Å². The molecule has 1 amide bonds. The maximum Gasteiger partial charge on any atom is 0.240 e. The molecule has 0 bridgehead atoms. The quantitative estimate of drug-likeness (QED) is 0.832. The molecule has 5 heteroatoms. The summed E-state index contributed by atoms with van der Waals surface area (Å²) in [6.07, 6.45) is 6.01. The molecule has 0 aliphatic carbocycles. The highest BCUT2D eigenvalue weighted by Crippen LogP contribution is 2.23. The Hall–Kier alpha value is -0.650. The first-order valence-corrected chi connectivity index (χ1v) is 8.66. The van der Waals surface area contributed by atoms with Gasteiger partial charge in [0.05, 0.1) is 19.3 Å². The number of piperidine rings is 2. The number of morpholine rings is 1. The second-order valence-corrected chi connectivity index (χ2v) is 6.64. The van der Waals surface area contributed by atoms with E-state index >= 15 is 0 Å². The topological polar surface area (TPSA) is 44.8 Å². The van der Waals surface area contributed by atoms with Crippen molar-refractivity contribution in [3.63, 3.8) is 0 Å². The molecule has 0 aromatic rings. The Labute approximate surface area is 128 Å². The predicted octanol–water partition coefficient (Wildman–Crippen LogP) is 0.699. The lowest BCUT2D eigenvalue weighted by Crippen LogP contribution is -2.54. The molecule has 1 unspecified atom stereocenters. The molecule has 0 saturated carbocycles. The number of amides is 1. The number of carbonyl (C=O) groups is 1. The Morgan fingerprint density at radius 1 is 1.05 bits per heavy atom. The fourth-order valence-corrected chi connectivity index (χ4v) is 3.88.